The minimum Gasteiger partial charge on any atom is -0.395 e. The fourth-order valence-corrected chi connectivity index (χ4v) is 2.32. The van der Waals surface area contributed by atoms with Crippen LogP contribution in [0.2, 0.25) is 0 Å². The van der Waals surface area contributed by atoms with Gasteiger partial charge in [0.15, 0.2) is 0 Å². The van der Waals surface area contributed by atoms with E-state index in [4.69, 9.17) is 9.84 Å². The third-order valence-electron chi connectivity index (χ3n) is 1.81. The van der Waals surface area contributed by atoms with Crippen LogP contribution in [0.25, 0.3) is 0 Å². The Morgan fingerprint density at radius 2 is 2.21 bits per heavy atom. The number of hydrogen-bond acceptors (Lipinski definition) is 4. The lowest BCUT2D eigenvalue weighted by molar-refractivity contribution is 0.138. The number of rotatable bonds is 7. The normalized spacial score (nSPS) is 19.6. The minimum atomic E-state index is -3.49. The van der Waals surface area contributed by atoms with E-state index in [-0.39, 0.29) is 19.3 Å². The van der Waals surface area contributed by atoms with Crippen LogP contribution < -0.4 is 9.44 Å². The van der Waals surface area contributed by atoms with Crippen molar-refractivity contribution in [3.8, 4) is 0 Å². The van der Waals surface area contributed by atoms with Crippen LogP contribution >= 0.6 is 0 Å². The molecule has 1 unspecified atom stereocenters. The van der Waals surface area contributed by atoms with Gasteiger partial charge in [0.1, 0.15) is 0 Å². The van der Waals surface area contributed by atoms with E-state index >= 15 is 0 Å². The van der Waals surface area contributed by atoms with Crippen LogP contribution in [0.5, 0.6) is 0 Å². The molecule has 1 rings (SSSR count). The molecule has 0 heterocycles. The SMILES string of the molecule is COCC(CO)NS(=O)(=O)NC1CC1. The Labute approximate surface area is 83.8 Å². The molecule has 6 nitrogen and oxygen atoms in total. The minimum absolute atomic E-state index is 0.0642. The summed E-state index contributed by atoms with van der Waals surface area (Å²) in [5, 5.41) is 8.84. The number of aliphatic hydroxyl groups is 1. The highest BCUT2D eigenvalue weighted by atomic mass is 32.2. The lowest BCUT2D eigenvalue weighted by atomic mass is 10.4. The highest BCUT2D eigenvalue weighted by Crippen LogP contribution is 2.19. The summed E-state index contributed by atoms with van der Waals surface area (Å²) in [5.74, 6) is 0. The predicted molar refractivity (Wildman–Crippen MR) is 51.0 cm³/mol. The van der Waals surface area contributed by atoms with Crippen LogP contribution in [0.1, 0.15) is 12.8 Å². The molecule has 1 atom stereocenters. The molecule has 0 aliphatic heterocycles. The molecule has 0 spiro atoms. The summed E-state index contributed by atoms with van der Waals surface area (Å²) in [6, 6.07) is -0.523. The number of methoxy groups -OCH3 is 1. The molecule has 14 heavy (non-hydrogen) atoms. The Hall–Kier alpha value is -0.210. The molecule has 0 aromatic heterocycles. The monoisotopic (exact) mass is 224 g/mol. The highest BCUT2D eigenvalue weighted by molar-refractivity contribution is 7.87. The van der Waals surface area contributed by atoms with E-state index in [0.717, 1.165) is 12.8 Å². The van der Waals surface area contributed by atoms with Gasteiger partial charge < -0.3 is 9.84 Å². The molecule has 0 radical (unpaired) electrons. The Morgan fingerprint density at radius 1 is 1.57 bits per heavy atom. The van der Waals surface area contributed by atoms with Crippen molar-refractivity contribution in [2.45, 2.75) is 24.9 Å². The van der Waals surface area contributed by atoms with Gasteiger partial charge in [0, 0.05) is 13.2 Å². The Bertz CT molecular complexity index is 263. The van der Waals surface area contributed by atoms with Gasteiger partial charge in [-0.25, -0.2) is 0 Å². The first-order chi connectivity index (χ1) is 6.57. The molecule has 0 saturated heterocycles. The van der Waals surface area contributed by atoms with Crippen molar-refractivity contribution in [1.82, 2.24) is 9.44 Å². The molecule has 0 amide bonds. The first-order valence-corrected chi connectivity index (χ1v) is 5.95. The van der Waals surface area contributed by atoms with Crippen LogP contribution in [0.15, 0.2) is 0 Å². The lowest BCUT2D eigenvalue weighted by Gasteiger charge is -2.15. The topological polar surface area (TPSA) is 87.7 Å². The van der Waals surface area contributed by atoms with Gasteiger partial charge in [-0.3, -0.25) is 0 Å². The predicted octanol–water partition coefficient (Wildman–Crippen LogP) is -1.42. The summed E-state index contributed by atoms with van der Waals surface area (Å²) in [6.45, 7) is -0.124. The van der Waals surface area contributed by atoms with E-state index in [2.05, 4.69) is 9.44 Å². The van der Waals surface area contributed by atoms with E-state index in [1.54, 1.807) is 0 Å². The van der Waals surface area contributed by atoms with E-state index in [1.165, 1.54) is 7.11 Å². The van der Waals surface area contributed by atoms with Crippen molar-refractivity contribution in [1.29, 1.82) is 0 Å². The molecule has 84 valence electrons. The molecule has 1 aliphatic rings. The second-order valence-corrected chi connectivity index (χ2v) is 4.83. The molecule has 0 bridgehead atoms. The Morgan fingerprint density at radius 3 is 2.64 bits per heavy atom. The van der Waals surface area contributed by atoms with Gasteiger partial charge in [-0.2, -0.15) is 17.9 Å². The van der Waals surface area contributed by atoms with Crippen molar-refractivity contribution < 1.29 is 18.3 Å². The van der Waals surface area contributed by atoms with E-state index in [9.17, 15) is 8.42 Å². The fourth-order valence-electron chi connectivity index (χ4n) is 0.999. The van der Waals surface area contributed by atoms with Crippen molar-refractivity contribution >= 4 is 10.2 Å². The molecular weight excluding hydrogens is 208 g/mol. The molecule has 3 N–H and O–H groups in total. The average molecular weight is 224 g/mol. The molecule has 0 aromatic carbocycles. The highest BCUT2D eigenvalue weighted by Gasteiger charge is 2.28. The summed E-state index contributed by atoms with van der Waals surface area (Å²) in [5.41, 5.74) is 0. The Balaban J connectivity index is 2.38. The number of aliphatic hydroxyl groups excluding tert-OH is 1. The van der Waals surface area contributed by atoms with Gasteiger partial charge in [0.25, 0.3) is 10.2 Å². The van der Waals surface area contributed by atoms with Crippen LogP contribution in [-0.2, 0) is 14.9 Å². The van der Waals surface area contributed by atoms with Gasteiger partial charge in [-0.1, -0.05) is 0 Å². The van der Waals surface area contributed by atoms with Crippen LogP contribution in [-0.4, -0.2) is 45.9 Å². The van der Waals surface area contributed by atoms with Crippen LogP contribution in [0.4, 0.5) is 0 Å². The van der Waals surface area contributed by atoms with E-state index in [1.807, 2.05) is 0 Å². The largest absolute Gasteiger partial charge is 0.395 e. The van der Waals surface area contributed by atoms with Gasteiger partial charge in [-0.15, -0.1) is 0 Å². The third-order valence-corrected chi connectivity index (χ3v) is 3.10. The molecule has 0 aromatic rings. The van der Waals surface area contributed by atoms with E-state index < -0.39 is 16.3 Å². The zero-order valence-electron chi connectivity index (χ0n) is 8.06. The van der Waals surface area contributed by atoms with Gasteiger partial charge in [-0.05, 0) is 12.8 Å². The van der Waals surface area contributed by atoms with Crippen LogP contribution in [0, 0.1) is 0 Å². The maximum atomic E-state index is 11.3. The first-order valence-electron chi connectivity index (χ1n) is 4.47. The van der Waals surface area contributed by atoms with Crippen molar-refractivity contribution in [2.75, 3.05) is 20.3 Å². The van der Waals surface area contributed by atoms with Gasteiger partial charge in [0.2, 0.25) is 0 Å². The van der Waals surface area contributed by atoms with E-state index in [0.29, 0.717) is 0 Å². The molecule has 1 fully saturated rings. The smallest absolute Gasteiger partial charge is 0.277 e. The maximum absolute atomic E-state index is 11.3. The van der Waals surface area contributed by atoms with Gasteiger partial charge >= 0.3 is 0 Å². The fraction of sp³-hybridized carbons (Fsp3) is 1.00. The lowest BCUT2D eigenvalue weighted by Crippen LogP contribution is -2.46. The maximum Gasteiger partial charge on any atom is 0.277 e. The number of nitrogens with one attached hydrogen (secondary N) is 2. The average Bonchev–Trinajstić information content (AvgIpc) is 2.86. The zero-order valence-corrected chi connectivity index (χ0v) is 8.88. The summed E-state index contributed by atoms with van der Waals surface area (Å²) in [6.07, 6.45) is 1.77. The van der Waals surface area contributed by atoms with Crippen molar-refractivity contribution in [2.24, 2.45) is 0 Å². The summed E-state index contributed by atoms with van der Waals surface area (Å²) < 4.78 is 32.2. The summed E-state index contributed by atoms with van der Waals surface area (Å²) in [4.78, 5) is 0. The Kier molecular flexibility index (Phi) is 4.27. The molecular formula is C7H16N2O4S. The standard InChI is InChI=1S/C7H16N2O4S/c1-13-5-7(4-10)9-14(11,12)8-6-2-3-6/h6-10H,2-5H2,1H3. The van der Waals surface area contributed by atoms with Gasteiger partial charge in [0.05, 0.1) is 19.3 Å². The molecule has 7 heteroatoms. The number of hydrogen-bond donors (Lipinski definition) is 3. The van der Waals surface area contributed by atoms with Crippen molar-refractivity contribution in [3.05, 3.63) is 0 Å². The number of ether oxygens (including phenoxy) is 1. The summed E-state index contributed by atoms with van der Waals surface area (Å²) >= 11 is 0. The zero-order chi connectivity index (χ0) is 10.6. The van der Waals surface area contributed by atoms with Crippen LogP contribution in [0.3, 0.4) is 0 Å². The second kappa shape index (κ2) is 5.04. The van der Waals surface area contributed by atoms with Crippen molar-refractivity contribution in [3.63, 3.8) is 0 Å². The third kappa shape index (κ3) is 4.34. The molecule has 1 saturated carbocycles. The quantitative estimate of drug-likeness (QED) is 0.495. The second-order valence-electron chi connectivity index (χ2n) is 3.35. The molecule has 1 aliphatic carbocycles. The first kappa shape index (κ1) is 11.9. The summed E-state index contributed by atoms with van der Waals surface area (Å²) in [7, 11) is -2.04.